The number of carbonyl (C=O) groups excluding carboxylic acids is 1. The molecule has 1 fully saturated rings. The van der Waals surface area contributed by atoms with Gasteiger partial charge in [-0.25, -0.2) is 0 Å². The monoisotopic (exact) mass is 262 g/mol. The quantitative estimate of drug-likeness (QED) is 0.708. The summed E-state index contributed by atoms with van der Waals surface area (Å²) in [5, 5.41) is 0. The van der Waals surface area contributed by atoms with E-state index in [9.17, 15) is 4.79 Å². The molecule has 3 heteroatoms. The van der Waals surface area contributed by atoms with Crippen LogP contribution in [0.3, 0.4) is 0 Å². The van der Waals surface area contributed by atoms with Gasteiger partial charge in [0.2, 0.25) is 0 Å². The Hall–Kier alpha value is -1.51. The molecule has 1 aromatic carbocycles. The molecule has 0 spiro atoms. The summed E-state index contributed by atoms with van der Waals surface area (Å²) < 4.78 is 10.3. The first-order valence-corrected chi connectivity index (χ1v) is 7.04. The van der Waals surface area contributed by atoms with Gasteiger partial charge in [0.25, 0.3) is 0 Å². The first-order chi connectivity index (χ1) is 9.24. The van der Waals surface area contributed by atoms with Gasteiger partial charge in [-0.3, -0.25) is 4.79 Å². The third-order valence-corrected chi connectivity index (χ3v) is 3.63. The van der Waals surface area contributed by atoms with Crippen LogP contribution in [0.2, 0.25) is 0 Å². The molecule has 0 amide bonds. The number of methoxy groups -OCH3 is 1. The molecule has 0 aromatic heterocycles. The Morgan fingerprint density at radius 1 is 1.32 bits per heavy atom. The van der Waals surface area contributed by atoms with E-state index in [4.69, 9.17) is 9.47 Å². The SMILES string of the molecule is CCCOc1ccc(CCC2CC2C(=O)OC)cc1. The number of aryl methyl sites for hydroxylation is 1. The summed E-state index contributed by atoms with van der Waals surface area (Å²) in [7, 11) is 1.47. The molecule has 1 saturated carbocycles. The number of ether oxygens (including phenoxy) is 2. The third kappa shape index (κ3) is 3.98. The Morgan fingerprint density at radius 2 is 2.05 bits per heavy atom. The van der Waals surface area contributed by atoms with Crippen LogP contribution in [-0.2, 0) is 16.0 Å². The van der Waals surface area contributed by atoms with E-state index in [0.717, 1.165) is 38.0 Å². The minimum Gasteiger partial charge on any atom is -0.494 e. The smallest absolute Gasteiger partial charge is 0.308 e. The fraction of sp³-hybridized carbons (Fsp3) is 0.562. The summed E-state index contributed by atoms with van der Waals surface area (Å²) in [6.07, 6.45) is 4.10. The van der Waals surface area contributed by atoms with Gasteiger partial charge in [0.15, 0.2) is 0 Å². The van der Waals surface area contributed by atoms with E-state index in [1.54, 1.807) is 0 Å². The third-order valence-electron chi connectivity index (χ3n) is 3.63. The number of hydrogen-bond acceptors (Lipinski definition) is 3. The van der Waals surface area contributed by atoms with Crippen molar-refractivity contribution in [3.8, 4) is 5.75 Å². The van der Waals surface area contributed by atoms with Gasteiger partial charge in [-0.1, -0.05) is 19.1 Å². The largest absolute Gasteiger partial charge is 0.494 e. The van der Waals surface area contributed by atoms with Crippen molar-refractivity contribution in [1.82, 2.24) is 0 Å². The van der Waals surface area contributed by atoms with E-state index in [-0.39, 0.29) is 11.9 Å². The molecule has 0 saturated heterocycles. The van der Waals surface area contributed by atoms with Crippen LogP contribution in [-0.4, -0.2) is 19.7 Å². The summed E-state index contributed by atoms with van der Waals surface area (Å²) >= 11 is 0. The van der Waals surface area contributed by atoms with Crippen molar-refractivity contribution >= 4 is 5.97 Å². The van der Waals surface area contributed by atoms with E-state index in [1.165, 1.54) is 12.7 Å². The van der Waals surface area contributed by atoms with Gasteiger partial charge in [0.05, 0.1) is 19.6 Å². The summed E-state index contributed by atoms with van der Waals surface area (Å²) in [5.41, 5.74) is 1.30. The van der Waals surface area contributed by atoms with Crippen LogP contribution in [0, 0.1) is 11.8 Å². The predicted octanol–water partition coefficient (Wildman–Crippen LogP) is 3.22. The van der Waals surface area contributed by atoms with Gasteiger partial charge < -0.3 is 9.47 Å². The van der Waals surface area contributed by atoms with Gasteiger partial charge in [-0.05, 0) is 49.3 Å². The lowest BCUT2D eigenvalue weighted by atomic mass is 10.1. The maximum atomic E-state index is 11.3. The van der Waals surface area contributed by atoms with Crippen molar-refractivity contribution in [3.63, 3.8) is 0 Å². The lowest BCUT2D eigenvalue weighted by molar-refractivity contribution is -0.142. The Kier molecular flexibility index (Phi) is 4.83. The summed E-state index contributed by atoms with van der Waals surface area (Å²) in [6, 6.07) is 8.27. The molecule has 1 aromatic rings. The lowest BCUT2D eigenvalue weighted by Crippen LogP contribution is -2.04. The zero-order valence-electron chi connectivity index (χ0n) is 11.7. The second kappa shape index (κ2) is 6.60. The minimum atomic E-state index is -0.0479. The number of benzene rings is 1. The molecule has 1 aliphatic carbocycles. The van der Waals surface area contributed by atoms with Crippen molar-refractivity contribution in [2.24, 2.45) is 11.8 Å². The van der Waals surface area contributed by atoms with Gasteiger partial charge in [0.1, 0.15) is 5.75 Å². The standard InChI is InChI=1S/C16H22O3/c1-3-10-19-14-8-5-12(6-9-14)4-7-13-11-15(13)16(17)18-2/h5-6,8-9,13,15H,3-4,7,10-11H2,1-2H3. The average molecular weight is 262 g/mol. The molecule has 104 valence electrons. The number of carbonyl (C=O) groups is 1. The topological polar surface area (TPSA) is 35.5 Å². The number of hydrogen-bond donors (Lipinski definition) is 0. The van der Waals surface area contributed by atoms with Crippen LogP contribution >= 0.6 is 0 Å². The molecular weight excluding hydrogens is 240 g/mol. The van der Waals surface area contributed by atoms with Crippen LogP contribution in [0.5, 0.6) is 5.75 Å². The van der Waals surface area contributed by atoms with Crippen molar-refractivity contribution in [1.29, 1.82) is 0 Å². The Bertz CT molecular complexity index is 411. The maximum absolute atomic E-state index is 11.3. The summed E-state index contributed by atoms with van der Waals surface area (Å²) in [4.78, 5) is 11.3. The molecule has 19 heavy (non-hydrogen) atoms. The molecule has 2 rings (SSSR count). The second-order valence-corrected chi connectivity index (χ2v) is 5.16. The fourth-order valence-corrected chi connectivity index (χ4v) is 2.33. The molecule has 0 N–H and O–H groups in total. The van der Waals surface area contributed by atoms with Crippen LogP contribution in [0.25, 0.3) is 0 Å². The van der Waals surface area contributed by atoms with Crippen LogP contribution < -0.4 is 4.74 Å². The maximum Gasteiger partial charge on any atom is 0.308 e. The molecule has 0 radical (unpaired) electrons. The van der Waals surface area contributed by atoms with Gasteiger partial charge in [-0.2, -0.15) is 0 Å². The minimum absolute atomic E-state index is 0.0479. The highest BCUT2D eigenvalue weighted by Crippen LogP contribution is 2.42. The van der Waals surface area contributed by atoms with Gasteiger partial charge in [-0.15, -0.1) is 0 Å². The van der Waals surface area contributed by atoms with Gasteiger partial charge in [0, 0.05) is 0 Å². The average Bonchev–Trinajstić information content (AvgIpc) is 3.23. The zero-order chi connectivity index (χ0) is 13.7. The van der Waals surface area contributed by atoms with Crippen LogP contribution in [0.4, 0.5) is 0 Å². The molecule has 2 unspecified atom stereocenters. The van der Waals surface area contributed by atoms with Crippen LogP contribution in [0.1, 0.15) is 31.7 Å². The zero-order valence-corrected chi connectivity index (χ0v) is 11.7. The molecule has 0 heterocycles. The Balaban J connectivity index is 1.73. The van der Waals surface area contributed by atoms with Crippen molar-refractivity contribution in [2.45, 2.75) is 32.6 Å². The highest BCUT2D eigenvalue weighted by Gasteiger charge is 2.43. The van der Waals surface area contributed by atoms with Crippen molar-refractivity contribution < 1.29 is 14.3 Å². The van der Waals surface area contributed by atoms with Crippen molar-refractivity contribution in [2.75, 3.05) is 13.7 Å². The normalized spacial score (nSPS) is 20.9. The lowest BCUT2D eigenvalue weighted by Gasteiger charge is -2.06. The molecular formula is C16H22O3. The predicted molar refractivity (Wildman–Crippen MR) is 74.2 cm³/mol. The first kappa shape index (κ1) is 13.9. The van der Waals surface area contributed by atoms with E-state index in [2.05, 4.69) is 19.1 Å². The van der Waals surface area contributed by atoms with Gasteiger partial charge >= 0.3 is 5.97 Å². The Labute approximate surface area is 114 Å². The molecule has 2 atom stereocenters. The molecule has 1 aliphatic rings. The molecule has 0 bridgehead atoms. The fourth-order valence-electron chi connectivity index (χ4n) is 2.33. The Morgan fingerprint density at radius 3 is 2.68 bits per heavy atom. The van der Waals surface area contributed by atoms with E-state index >= 15 is 0 Å². The summed E-state index contributed by atoms with van der Waals surface area (Å²) in [5.74, 6) is 1.55. The van der Waals surface area contributed by atoms with Crippen molar-refractivity contribution in [3.05, 3.63) is 29.8 Å². The molecule has 0 aliphatic heterocycles. The van der Waals surface area contributed by atoms with E-state index < -0.39 is 0 Å². The number of esters is 1. The van der Waals surface area contributed by atoms with E-state index in [1.807, 2.05) is 12.1 Å². The van der Waals surface area contributed by atoms with E-state index in [0.29, 0.717) is 5.92 Å². The first-order valence-electron chi connectivity index (χ1n) is 7.04. The number of rotatable bonds is 7. The second-order valence-electron chi connectivity index (χ2n) is 5.16. The van der Waals surface area contributed by atoms with Crippen LogP contribution in [0.15, 0.2) is 24.3 Å². The summed E-state index contributed by atoms with van der Waals surface area (Å²) in [6.45, 7) is 2.87. The highest BCUT2D eigenvalue weighted by atomic mass is 16.5. The molecule has 3 nitrogen and oxygen atoms in total. The highest BCUT2D eigenvalue weighted by molar-refractivity contribution is 5.75.